The smallest absolute Gasteiger partial charge is 0.262 e. The monoisotopic (exact) mass is 406 g/mol. The van der Waals surface area contributed by atoms with Crippen LogP contribution in [0, 0.1) is 11.3 Å². The van der Waals surface area contributed by atoms with Gasteiger partial charge in [-0.2, -0.15) is 5.26 Å². The quantitative estimate of drug-likeness (QED) is 0.618. The van der Waals surface area contributed by atoms with Crippen molar-refractivity contribution in [1.82, 2.24) is 14.5 Å². The molecule has 0 unspecified atom stereocenters. The predicted molar refractivity (Wildman–Crippen MR) is 117 cm³/mol. The van der Waals surface area contributed by atoms with E-state index in [1.165, 1.54) is 16.9 Å². The van der Waals surface area contributed by atoms with Crippen molar-refractivity contribution in [2.45, 2.75) is 52.6 Å². The maximum Gasteiger partial charge on any atom is 0.262 e. The summed E-state index contributed by atoms with van der Waals surface area (Å²) in [6.07, 6.45) is 4.38. The van der Waals surface area contributed by atoms with Crippen molar-refractivity contribution < 1.29 is 0 Å². The zero-order valence-electron chi connectivity index (χ0n) is 17.1. The molecule has 0 N–H and O–H groups in total. The van der Waals surface area contributed by atoms with Gasteiger partial charge in [-0.15, -0.1) is 11.3 Å². The van der Waals surface area contributed by atoms with Gasteiger partial charge in [-0.3, -0.25) is 14.3 Å². The lowest BCUT2D eigenvalue weighted by atomic mass is 9.97. The fourth-order valence-corrected chi connectivity index (χ4v) is 5.40. The van der Waals surface area contributed by atoms with E-state index in [9.17, 15) is 10.1 Å². The lowest BCUT2D eigenvalue weighted by Crippen LogP contribution is -2.31. The van der Waals surface area contributed by atoms with E-state index in [0.29, 0.717) is 18.7 Å². The van der Waals surface area contributed by atoms with E-state index in [1.807, 2.05) is 22.8 Å². The summed E-state index contributed by atoms with van der Waals surface area (Å²) in [5.74, 6) is 0.812. The molecule has 5 nitrogen and oxygen atoms in total. The Labute approximate surface area is 175 Å². The highest BCUT2D eigenvalue weighted by Crippen LogP contribution is 2.34. The zero-order valence-corrected chi connectivity index (χ0v) is 17.9. The molecule has 1 aromatic carbocycles. The standard InChI is InChI=1S/C23H26N4OS/c1-3-26(4-2)15-20-25-22-21(18-10-5-6-11-19(18)29-22)23(28)27(20)14-17-9-7-8-16(12-17)13-24/h7-9,12H,3-6,10-11,14-15H2,1-2H3. The summed E-state index contributed by atoms with van der Waals surface area (Å²) in [6, 6.07) is 9.69. The lowest BCUT2D eigenvalue weighted by molar-refractivity contribution is 0.282. The van der Waals surface area contributed by atoms with Gasteiger partial charge in [0.2, 0.25) is 0 Å². The van der Waals surface area contributed by atoms with Crippen LogP contribution in [0.1, 0.15) is 54.1 Å². The number of aromatic nitrogens is 2. The number of nitrogens with zero attached hydrogens (tertiary/aromatic N) is 4. The topological polar surface area (TPSA) is 61.9 Å². The molecule has 6 heteroatoms. The SMILES string of the molecule is CCN(CC)Cc1nc2sc3c(c2c(=O)n1Cc1cccc(C#N)c1)CCCC3. The number of thiophene rings is 1. The Morgan fingerprint density at radius 2 is 2.03 bits per heavy atom. The first-order valence-corrected chi connectivity index (χ1v) is 11.2. The summed E-state index contributed by atoms with van der Waals surface area (Å²) in [6.45, 7) is 7.18. The van der Waals surface area contributed by atoms with Crippen LogP contribution in [-0.2, 0) is 25.9 Å². The van der Waals surface area contributed by atoms with E-state index in [-0.39, 0.29) is 5.56 Å². The molecule has 0 atom stereocenters. The summed E-state index contributed by atoms with van der Waals surface area (Å²) < 4.78 is 1.83. The third kappa shape index (κ3) is 3.85. The average Bonchev–Trinajstić information content (AvgIpc) is 3.13. The Hall–Kier alpha value is -2.49. The van der Waals surface area contributed by atoms with Crippen LogP contribution in [0.4, 0.5) is 0 Å². The van der Waals surface area contributed by atoms with Gasteiger partial charge in [0.15, 0.2) is 0 Å². The minimum Gasteiger partial charge on any atom is -0.297 e. The molecule has 2 aromatic heterocycles. The highest BCUT2D eigenvalue weighted by atomic mass is 32.1. The molecular formula is C23H26N4OS. The minimum atomic E-state index is 0.0684. The van der Waals surface area contributed by atoms with E-state index in [4.69, 9.17) is 4.98 Å². The van der Waals surface area contributed by atoms with Crippen LogP contribution in [-0.4, -0.2) is 27.5 Å². The number of rotatable bonds is 6. The van der Waals surface area contributed by atoms with Crippen LogP contribution in [0.5, 0.6) is 0 Å². The second kappa shape index (κ2) is 8.48. The highest BCUT2D eigenvalue weighted by Gasteiger charge is 2.22. The van der Waals surface area contributed by atoms with Crippen LogP contribution in [0.25, 0.3) is 10.2 Å². The molecule has 0 saturated carbocycles. The Morgan fingerprint density at radius 3 is 2.79 bits per heavy atom. The largest absolute Gasteiger partial charge is 0.297 e. The number of nitriles is 1. The Bertz CT molecular complexity index is 1130. The average molecular weight is 407 g/mol. The van der Waals surface area contributed by atoms with Gasteiger partial charge in [-0.05, 0) is 62.0 Å². The lowest BCUT2D eigenvalue weighted by Gasteiger charge is -2.20. The molecule has 3 aromatic rings. The van der Waals surface area contributed by atoms with Crippen LogP contribution in [0.15, 0.2) is 29.1 Å². The zero-order chi connectivity index (χ0) is 20.4. The van der Waals surface area contributed by atoms with E-state index in [2.05, 4.69) is 24.8 Å². The summed E-state index contributed by atoms with van der Waals surface area (Å²) in [4.78, 5) is 23.2. The molecule has 0 spiro atoms. The maximum absolute atomic E-state index is 13.6. The molecule has 4 rings (SSSR count). The van der Waals surface area contributed by atoms with Gasteiger partial charge >= 0.3 is 0 Å². The van der Waals surface area contributed by atoms with Crippen LogP contribution in [0.3, 0.4) is 0 Å². The van der Waals surface area contributed by atoms with Gasteiger partial charge < -0.3 is 0 Å². The molecule has 2 heterocycles. The molecule has 1 aliphatic rings. The second-order valence-corrected chi connectivity index (χ2v) is 8.67. The molecule has 0 amide bonds. The molecular weight excluding hydrogens is 380 g/mol. The molecule has 150 valence electrons. The first-order valence-electron chi connectivity index (χ1n) is 10.4. The van der Waals surface area contributed by atoms with Crippen molar-refractivity contribution >= 4 is 21.6 Å². The van der Waals surface area contributed by atoms with Gasteiger partial charge in [0.1, 0.15) is 10.7 Å². The first kappa shape index (κ1) is 19.8. The predicted octanol–water partition coefficient (Wildman–Crippen LogP) is 4.10. The Balaban J connectivity index is 1.87. The molecule has 0 saturated heterocycles. The molecule has 29 heavy (non-hydrogen) atoms. The van der Waals surface area contributed by atoms with Gasteiger partial charge in [0, 0.05) is 4.88 Å². The summed E-state index contributed by atoms with van der Waals surface area (Å²) in [5, 5.41) is 10.1. The second-order valence-electron chi connectivity index (χ2n) is 7.58. The fourth-order valence-electron chi connectivity index (χ4n) is 4.13. The molecule has 0 radical (unpaired) electrons. The van der Waals surface area contributed by atoms with E-state index < -0.39 is 0 Å². The molecule has 0 bridgehead atoms. The van der Waals surface area contributed by atoms with E-state index in [0.717, 1.165) is 54.0 Å². The van der Waals surface area contributed by atoms with Crippen LogP contribution in [0.2, 0.25) is 0 Å². The normalized spacial score (nSPS) is 13.6. The first-order chi connectivity index (χ1) is 14.1. The van der Waals surface area contributed by atoms with Crippen molar-refractivity contribution in [2.24, 2.45) is 0 Å². The summed E-state index contributed by atoms with van der Waals surface area (Å²) in [7, 11) is 0. The van der Waals surface area contributed by atoms with Gasteiger partial charge in [-0.1, -0.05) is 26.0 Å². The summed E-state index contributed by atoms with van der Waals surface area (Å²) >= 11 is 1.71. The number of fused-ring (bicyclic) bond motifs is 3. The Morgan fingerprint density at radius 1 is 1.24 bits per heavy atom. The van der Waals surface area contributed by atoms with Crippen molar-refractivity contribution in [3.05, 3.63) is 62.0 Å². The Kier molecular flexibility index (Phi) is 5.79. The van der Waals surface area contributed by atoms with E-state index in [1.54, 1.807) is 17.4 Å². The third-order valence-corrected chi connectivity index (χ3v) is 7.00. The number of hydrogen-bond acceptors (Lipinski definition) is 5. The van der Waals surface area contributed by atoms with Crippen molar-refractivity contribution in [3.63, 3.8) is 0 Å². The van der Waals surface area contributed by atoms with Crippen molar-refractivity contribution in [3.8, 4) is 6.07 Å². The number of benzene rings is 1. The van der Waals surface area contributed by atoms with Crippen molar-refractivity contribution in [1.29, 1.82) is 5.26 Å². The molecule has 0 aliphatic heterocycles. The number of aryl methyl sites for hydroxylation is 2. The van der Waals surface area contributed by atoms with Crippen LogP contribution < -0.4 is 5.56 Å². The van der Waals surface area contributed by atoms with Crippen molar-refractivity contribution in [2.75, 3.05) is 13.1 Å². The van der Waals surface area contributed by atoms with Gasteiger partial charge in [0.25, 0.3) is 5.56 Å². The number of hydrogen-bond donors (Lipinski definition) is 0. The molecule has 0 fully saturated rings. The third-order valence-electron chi connectivity index (χ3n) is 5.81. The van der Waals surface area contributed by atoms with Crippen LogP contribution >= 0.6 is 11.3 Å². The van der Waals surface area contributed by atoms with Gasteiger partial charge in [0.05, 0.1) is 30.1 Å². The minimum absolute atomic E-state index is 0.0684. The van der Waals surface area contributed by atoms with E-state index >= 15 is 0 Å². The maximum atomic E-state index is 13.6. The molecule has 1 aliphatic carbocycles. The highest BCUT2D eigenvalue weighted by molar-refractivity contribution is 7.18. The van der Waals surface area contributed by atoms with Gasteiger partial charge in [-0.25, -0.2) is 4.98 Å². The summed E-state index contributed by atoms with van der Waals surface area (Å²) in [5.41, 5.74) is 2.86. The fraction of sp³-hybridized carbons (Fsp3) is 0.435.